The molecule has 2 aromatic rings. The summed E-state index contributed by atoms with van der Waals surface area (Å²) in [7, 11) is 0. The SMILES string of the molecule is O=C1CCNCC1c1cc2cc[nH]c2cn1. The standard InChI is InChI=1S/C12H13N3O/c16-12-2-3-13-6-9(12)10-5-8-1-4-14-11(8)7-15-10/h1,4-5,7,9,13-14H,2-3,6H2. The molecule has 2 aromatic heterocycles. The molecule has 1 atom stereocenters. The lowest BCUT2D eigenvalue weighted by Crippen LogP contribution is -2.35. The van der Waals surface area contributed by atoms with Crippen molar-refractivity contribution in [3.8, 4) is 0 Å². The van der Waals surface area contributed by atoms with E-state index in [1.54, 1.807) is 6.20 Å². The maximum absolute atomic E-state index is 11.8. The van der Waals surface area contributed by atoms with Crippen LogP contribution in [0.15, 0.2) is 24.5 Å². The fourth-order valence-corrected chi connectivity index (χ4v) is 2.17. The van der Waals surface area contributed by atoms with Crippen LogP contribution in [0.25, 0.3) is 10.9 Å². The number of nitrogens with zero attached hydrogens (tertiary/aromatic N) is 1. The summed E-state index contributed by atoms with van der Waals surface area (Å²) in [6, 6.07) is 4.00. The van der Waals surface area contributed by atoms with Crippen LogP contribution in [-0.2, 0) is 4.79 Å². The summed E-state index contributed by atoms with van der Waals surface area (Å²) in [5.41, 5.74) is 1.89. The molecular formula is C12H13N3O. The van der Waals surface area contributed by atoms with Gasteiger partial charge in [0.1, 0.15) is 5.78 Å². The highest BCUT2D eigenvalue weighted by Crippen LogP contribution is 2.21. The van der Waals surface area contributed by atoms with Gasteiger partial charge in [-0.1, -0.05) is 0 Å². The van der Waals surface area contributed by atoms with E-state index in [-0.39, 0.29) is 5.92 Å². The van der Waals surface area contributed by atoms with E-state index < -0.39 is 0 Å². The summed E-state index contributed by atoms with van der Waals surface area (Å²) >= 11 is 0. The number of carbonyl (C=O) groups is 1. The van der Waals surface area contributed by atoms with Crippen LogP contribution < -0.4 is 5.32 Å². The molecule has 3 rings (SSSR count). The van der Waals surface area contributed by atoms with Crippen LogP contribution in [0.2, 0.25) is 0 Å². The van der Waals surface area contributed by atoms with Gasteiger partial charge in [-0.2, -0.15) is 0 Å². The third-order valence-corrected chi connectivity index (χ3v) is 3.10. The zero-order valence-electron chi connectivity index (χ0n) is 8.86. The molecular weight excluding hydrogens is 202 g/mol. The number of carbonyl (C=O) groups excluding carboxylic acids is 1. The number of nitrogens with one attached hydrogen (secondary N) is 2. The average Bonchev–Trinajstić information content (AvgIpc) is 2.76. The second-order valence-electron chi connectivity index (χ2n) is 4.15. The third kappa shape index (κ3) is 1.51. The molecule has 3 heterocycles. The molecule has 0 aromatic carbocycles. The number of hydrogen-bond donors (Lipinski definition) is 2. The molecule has 4 heteroatoms. The van der Waals surface area contributed by atoms with E-state index in [9.17, 15) is 4.79 Å². The van der Waals surface area contributed by atoms with Crippen molar-refractivity contribution in [2.24, 2.45) is 0 Å². The Labute approximate surface area is 93.1 Å². The molecule has 2 N–H and O–H groups in total. The van der Waals surface area contributed by atoms with E-state index in [0.717, 1.165) is 23.1 Å². The van der Waals surface area contributed by atoms with Gasteiger partial charge >= 0.3 is 0 Å². The number of Topliss-reactive ketones (excluding diaryl/α,β-unsaturated/α-hetero) is 1. The van der Waals surface area contributed by atoms with E-state index >= 15 is 0 Å². The predicted molar refractivity (Wildman–Crippen MR) is 61.3 cm³/mol. The summed E-state index contributed by atoms with van der Waals surface area (Å²) in [6.45, 7) is 1.50. The van der Waals surface area contributed by atoms with Crippen LogP contribution in [0.5, 0.6) is 0 Å². The minimum Gasteiger partial charge on any atom is -0.360 e. The van der Waals surface area contributed by atoms with Crippen molar-refractivity contribution in [1.29, 1.82) is 0 Å². The molecule has 1 aliphatic rings. The topological polar surface area (TPSA) is 57.8 Å². The molecule has 4 nitrogen and oxygen atoms in total. The lowest BCUT2D eigenvalue weighted by Gasteiger charge is -2.20. The van der Waals surface area contributed by atoms with Crippen LogP contribution >= 0.6 is 0 Å². The van der Waals surface area contributed by atoms with Crippen molar-refractivity contribution in [1.82, 2.24) is 15.3 Å². The van der Waals surface area contributed by atoms with Gasteiger partial charge < -0.3 is 10.3 Å². The number of aromatic nitrogens is 2. The average molecular weight is 215 g/mol. The Morgan fingerprint density at radius 2 is 2.38 bits per heavy atom. The van der Waals surface area contributed by atoms with Crippen LogP contribution in [0, 0.1) is 0 Å². The summed E-state index contributed by atoms with van der Waals surface area (Å²) in [6.07, 6.45) is 4.29. The largest absolute Gasteiger partial charge is 0.360 e. The molecule has 16 heavy (non-hydrogen) atoms. The Bertz CT molecular complexity index is 532. The first-order valence-electron chi connectivity index (χ1n) is 5.51. The Morgan fingerprint density at radius 3 is 3.25 bits per heavy atom. The molecule has 1 unspecified atom stereocenters. The molecule has 0 amide bonds. The Balaban J connectivity index is 2.00. The number of piperidine rings is 1. The van der Waals surface area contributed by atoms with E-state index in [2.05, 4.69) is 15.3 Å². The van der Waals surface area contributed by atoms with Gasteiger partial charge in [0, 0.05) is 31.1 Å². The zero-order valence-corrected chi connectivity index (χ0v) is 8.86. The Kier molecular flexibility index (Phi) is 2.22. The maximum Gasteiger partial charge on any atom is 0.144 e. The van der Waals surface area contributed by atoms with E-state index in [1.165, 1.54) is 0 Å². The number of ketones is 1. The third-order valence-electron chi connectivity index (χ3n) is 3.10. The highest BCUT2D eigenvalue weighted by molar-refractivity contribution is 5.88. The van der Waals surface area contributed by atoms with E-state index in [0.29, 0.717) is 18.7 Å². The molecule has 0 spiro atoms. The zero-order chi connectivity index (χ0) is 11.0. The molecule has 0 bridgehead atoms. The predicted octanol–water partition coefficient (Wildman–Crippen LogP) is 1.21. The van der Waals surface area contributed by atoms with Crippen molar-refractivity contribution in [3.63, 3.8) is 0 Å². The monoisotopic (exact) mass is 215 g/mol. The second kappa shape index (κ2) is 3.72. The van der Waals surface area contributed by atoms with Crippen LogP contribution in [0.4, 0.5) is 0 Å². The van der Waals surface area contributed by atoms with Crippen molar-refractivity contribution < 1.29 is 4.79 Å². The number of hydrogen-bond acceptors (Lipinski definition) is 3. The van der Waals surface area contributed by atoms with E-state index in [4.69, 9.17) is 0 Å². The minimum atomic E-state index is -0.0759. The highest BCUT2D eigenvalue weighted by Gasteiger charge is 2.24. The molecule has 0 radical (unpaired) electrons. The summed E-state index contributed by atoms with van der Waals surface area (Å²) in [4.78, 5) is 19.2. The van der Waals surface area contributed by atoms with Crippen molar-refractivity contribution >= 4 is 16.7 Å². The fraction of sp³-hybridized carbons (Fsp3) is 0.333. The summed E-state index contributed by atoms with van der Waals surface area (Å²) < 4.78 is 0. The molecule has 1 fully saturated rings. The van der Waals surface area contributed by atoms with E-state index in [1.807, 2.05) is 18.3 Å². The Hall–Kier alpha value is -1.68. The molecule has 1 saturated heterocycles. The first-order valence-corrected chi connectivity index (χ1v) is 5.51. The smallest absolute Gasteiger partial charge is 0.144 e. The van der Waals surface area contributed by atoms with Crippen molar-refractivity contribution in [2.45, 2.75) is 12.3 Å². The maximum atomic E-state index is 11.8. The lowest BCUT2D eigenvalue weighted by molar-refractivity contribution is -0.121. The molecule has 82 valence electrons. The second-order valence-corrected chi connectivity index (χ2v) is 4.15. The summed E-state index contributed by atoms with van der Waals surface area (Å²) in [5.74, 6) is 0.217. The number of rotatable bonds is 1. The molecule has 1 aliphatic heterocycles. The van der Waals surface area contributed by atoms with Gasteiger partial charge in [0.2, 0.25) is 0 Å². The van der Waals surface area contributed by atoms with Crippen LogP contribution in [-0.4, -0.2) is 28.8 Å². The van der Waals surface area contributed by atoms with Gasteiger partial charge in [0.15, 0.2) is 0 Å². The highest BCUT2D eigenvalue weighted by atomic mass is 16.1. The van der Waals surface area contributed by atoms with Gasteiger partial charge in [0.25, 0.3) is 0 Å². The number of H-pyrrole nitrogens is 1. The molecule has 0 saturated carbocycles. The van der Waals surface area contributed by atoms with Crippen LogP contribution in [0.1, 0.15) is 18.0 Å². The van der Waals surface area contributed by atoms with Crippen molar-refractivity contribution in [2.75, 3.05) is 13.1 Å². The molecule has 0 aliphatic carbocycles. The normalized spacial score (nSPS) is 21.5. The quantitative estimate of drug-likeness (QED) is 0.751. The first-order chi connectivity index (χ1) is 7.84. The first kappa shape index (κ1) is 9.54. The van der Waals surface area contributed by atoms with Crippen molar-refractivity contribution in [3.05, 3.63) is 30.2 Å². The fourth-order valence-electron chi connectivity index (χ4n) is 2.17. The van der Waals surface area contributed by atoms with Gasteiger partial charge in [0.05, 0.1) is 23.3 Å². The van der Waals surface area contributed by atoms with Gasteiger partial charge in [-0.05, 0) is 12.1 Å². The number of pyridine rings is 1. The minimum absolute atomic E-state index is 0.0759. The van der Waals surface area contributed by atoms with Crippen LogP contribution in [0.3, 0.4) is 0 Å². The summed E-state index contributed by atoms with van der Waals surface area (Å²) in [5, 5.41) is 4.35. The number of aromatic amines is 1. The van der Waals surface area contributed by atoms with Gasteiger partial charge in [-0.3, -0.25) is 9.78 Å². The van der Waals surface area contributed by atoms with Gasteiger partial charge in [-0.25, -0.2) is 0 Å². The number of fused-ring (bicyclic) bond motifs is 1. The van der Waals surface area contributed by atoms with Gasteiger partial charge in [-0.15, -0.1) is 0 Å². The lowest BCUT2D eigenvalue weighted by atomic mass is 9.94. The Morgan fingerprint density at radius 1 is 1.44 bits per heavy atom.